The van der Waals surface area contributed by atoms with E-state index in [0.29, 0.717) is 5.92 Å². The Morgan fingerprint density at radius 2 is 1.67 bits per heavy atom. The zero-order valence-electron chi connectivity index (χ0n) is 11.7. The molecule has 0 aliphatic carbocycles. The highest BCUT2D eigenvalue weighted by Gasteiger charge is 2.12. The highest BCUT2D eigenvalue weighted by molar-refractivity contribution is 9.10. The van der Waals surface area contributed by atoms with E-state index in [0.717, 1.165) is 4.47 Å². The van der Waals surface area contributed by atoms with Gasteiger partial charge in [-0.25, -0.2) is 4.79 Å². The Morgan fingerprint density at radius 1 is 1.22 bits per heavy atom. The number of carbonyl (C=O) groups is 1. The highest BCUT2D eigenvalue weighted by Crippen LogP contribution is 2.17. The van der Waals surface area contributed by atoms with Crippen LogP contribution in [0.5, 0.6) is 0 Å². The molecule has 0 atom stereocenters. The van der Waals surface area contributed by atoms with Crippen LogP contribution in [0.3, 0.4) is 0 Å². The maximum absolute atomic E-state index is 10.0. The Hall–Kier alpha value is -1.03. The van der Waals surface area contributed by atoms with Crippen molar-refractivity contribution in [2.24, 2.45) is 5.73 Å². The first kappa shape index (κ1) is 17.0. The summed E-state index contributed by atoms with van der Waals surface area (Å²) in [7, 11) is 0. The van der Waals surface area contributed by atoms with Crippen molar-refractivity contribution in [3.63, 3.8) is 0 Å². The van der Waals surface area contributed by atoms with Gasteiger partial charge in [0.15, 0.2) is 0 Å². The second kappa shape index (κ2) is 7.41. The van der Waals surface area contributed by atoms with E-state index in [4.69, 9.17) is 5.73 Å². The van der Waals surface area contributed by atoms with Crippen LogP contribution in [0, 0.1) is 0 Å². The minimum absolute atomic E-state index is 0.453. The van der Waals surface area contributed by atoms with Gasteiger partial charge in [0.05, 0.1) is 0 Å². The molecule has 0 fully saturated rings. The number of hydrogen-bond donors (Lipinski definition) is 1. The van der Waals surface area contributed by atoms with Gasteiger partial charge in [-0.05, 0) is 44.4 Å². The number of halogens is 1. The fraction of sp³-hybridized carbons (Fsp3) is 0.500. The van der Waals surface area contributed by atoms with Crippen LogP contribution in [-0.2, 0) is 4.74 Å². The molecule has 0 bridgehead atoms. The molecule has 0 saturated heterocycles. The Balaban J connectivity index is 0.000000331. The quantitative estimate of drug-likeness (QED) is 0.832. The number of nitrogens with two attached hydrogens (primary N) is 1. The van der Waals surface area contributed by atoms with E-state index in [1.807, 2.05) is 0 Å². The van der Waals surface area contributed by atoms with Crippen LogP contribution >= 0.6 is 15.9 Å². The monoisotopic (exact) mass is 315 g/mol. The second-order valence-electron chi connectivity index (χ2n) is 5.24. The minimum Gasteiger partial charge on any atom is -0.444 e. The number of hydrogen-bond acceptors (Lipinski definition) is 2. The molecule has 0 aliphatic rings. The third-order valence-electron chi connectivity index (χ3n) is 1.94. The van der Waals surface area contributed by atoms with Crippen LogP contribution in [0.25, 0.3) is 0 Å². The van der Waals surface area contributed by atoms with E-state index in [-0.39, 0.29) is 0 Å². The van der Waals surface area contributed by atoms with Gasteiger partial charge in [0.2, 0.25) is 0 Å². The first-order chi connectivity index (χ1) is 8.11. The molecule has 1 amide bonds. The lowest BCUT2D eigenvalue weighted by Gasteiger charge is -2.16. The molecule has 0 unspecified atom stereocenters. The summed E-state index contributed by atoms with van der Waals surface area (Å²) in [5, 5.41) is 0. The van der Waals surface area contributed by atoms with Gasteiger partial charge in [-0.1, -0.05) is 41.9 Å². The van der Waals surface area contributed by atoms with Gasteiger partial charge in [-0.2, -0.15) is 0 Å². The lowest BCUT2D eigenvalue weighted by molar-refractivity contribution is 0.0600. The normalized spacial score (nSPS) is 10.6. The molecule has 0 aromatic heterocycles. The maximum Gasteiger partial charge on any atom is 0.405 e. The molecule has 2 N–H and O–H groups in total. The zero-order valence-corrected chi connectivity index (χ0v) is 13.2. The smallest absolute Gasteiger partial charge is 0.405 e. The van der Waals surface area contributed by atoms with Crippen molar-refractivity contribution in [3.05, 3.63) is 34.3 Å². The third kappa shape index (κ3) is 9.05. The second-order valence-corrected chi connectivity index (χ2v) is 6.16. The molecule has 0 saturated carbocycles. The number of benzene rings is 1. The van der Waals surface area contributed by atoms with Gasteiger partial charge >= 0.3 is 6.09 Å². The highest BCUT2D eigenvalue weighted by atomic mass is 79.9. The van der Waals surface area contributed by atoms with Crippen molar-refractivity contribution >= 4 is 22.0 Å². The number of primary amides is 1. The zero-order chi connectivity index (χ0) is 14.3. The van der Waals surface area contributed by atoms with Crippen LogP contribution < -0.4 is 5.73 Å². The standard InChI is InChI=1S/C9H11Br.C5H11NO2/c1-7(2)8-3-5-9(10)6-4-8;1-5(2,3)8-4(6)7/h3-7H,1-2H3;1-3H3,(H2,6,7). The van der Waals surface area contributed by atoms with E-state index in [9.17, 15) is 4.79 Å². The van der Waals surface area contributed by atoms with Gasteiger partial charge in [-0.3, -0.25) is 0 Å². The summed E-state index contributed by atoms with van der Waals surface area (Å²) in [6.45, 7) is 9.68. The lowest BCUT2D eigenvalue weighted by Crippen LogP contribution is -2.27. The van der Waals surface area contributed by atoms with Crippen LogP contribution in [0.2, 0.25) is 0 Å². The first-order valence-corrected chi connectivity index (χ1v) is 6.65. The average molecular weight is 316 g/mol. The van der Waals surface area contributed by atoms with Crippen LogP contribution in [0.4, 0.5) is 4.79 Å². The Kier molecular flexibility index (Phi) is 6.99. The molecule has 3 nitrogen and oxygen atoms in total. The first-order valence-electron chi connectivity index (χ1n) is 5.85. The summed E-state index contributed by atoms with van der Waals surface area (Å²) >= 11 is 3.39. The number of ether oxygens (including phenoxy) is 1. The van der Waals surface area contributed by atoms with E-state index >= 15 is 0 Å². The largest absolute Gasteiger partial charge is 0.444 e. The Bertz CT molecular complexity index is 366. The van der Waals surface area contributed by atoms with Crippen molar-refractivity contribution in [2.75, 3.05) is 0 Å². The third-order valence-corrected chi connectivity index (χ3v) is 2.47. The van der Waals surface area contributed by atoms with Gasteiger partial charge in [0.1, 0.15) is 5.60 Å². The van der Waals surface area contributed by atoms with Gasteiger partial charge in [-0.15, -0.1) is 0 Å². The van der Waals surface area contributed by atoms with Gasteiger partial charge in [0.25, 0.3) is 0 Å². The fourth-order valence-corrected chi connectivity index (χ4v) is 1.41. The Morgan fingerprint density at radius 3 is 1.89 bits per heavy atom. The summed E-state index contributed by atoms with van der Waals surface area (Å²) in [5.74, 6) is 0.632. The Labute approximate surface area is 118 Å². The summed E-state index contributed by atoms with van der Waals surface area (Å²) in [5.41, 5.74) is 5.66. The topological polar surface area (TPSA) is 52.3 Å². The molecule has 1 rings (SSSR count). The molecule has 0 aliphatic heterocycles. The summed E-state index contributed by atoms with van der Waals surface area (Å²) in [6, 6.07) is 8.45. The van der Waals surface area contributed by atoms with Gasteiger partial charge in [0, 0.05) is 4.47 Å². The van der Waals surface area contributed by atoms with Crippen LogP contribution in [0.15, 0.2) is 28.7 Å². The molecule has 4 heteroatoms. The van der Waals surface area contributed by atoms with Gasteiger partial charge < -0.3 is 10.5 Å². The molecule has 0 radical (unpaired) electrons. The van der Waals surface area contributed by atoms with Crippen molar-refractivity contribution in [1.29, 1.82) is 0 Å². The summed E-state index contributed by atoms with van der Waals surface area (Å²) in [6.07, 6.45) is -0.725. The molecule has 0 heterocycles. The van der Waals surface area contributed by atoms with E-state index in [1.54, 1.807) is 20.8 Å². The van der Waals surface area contributed by atoms with Crippen molar-refractivity contribution in [2.45, 2.75) is 46.1 Å². The van der Waals surface area contributed by atoms with E-state index in [1.165, 1.54) is 5.56 Å². The summed E-state index contributed by atoms with van der Waals surface area (Å²) < 4.78 is 5.73. The molecule has 1 aromatic carbocycles. The maximum atomic E-state index is 10.0. The number of carbonyl (C=O) groups excluding carboxylic acids is 1. The minimum atomic E-state index is -0.725. The SMILES string of the molecule is CC(C)(C)OC(N)=O.CC(C)c1ccc(Br)cc1. The average Bonchev–Trinajstić information content (AvgIpc) is 2.15. The summed E-state index contributed by atoms with van der Waals surface area (Å²) in [4.78, 5) is 10.0. The molecular weight excluding hydrogens is 294 g/mol. The van der Waals surface area contributed by atoms with E-state index in [2.05, 4.69) is 58.8 Å². The van der Waals surface area contributed by atoms with E-state index < -0.39 is 11.7 Å². The molecule has 102 valence electrons. The predicted octanol–water partition coefficient (Wildman–Crippen LogP) is 4.45. The van der Waals surface area contributed by atoms with Crippen LogP contribution in [-0.4, -0.2) is 11.7 Å². The van der Waals surface area contributed by atoms with Crippen molar-refractivity contribution in [1.82, 2.24) is 0 Å². The van der Waals surface area contributed by atoms with Crippen molar-refractivity contribution < 1.29 is 9.53 Å². The molecule has 1 aromatic rings. The number of rotatable bonds is 1. The molecule has 18 heavy (non-hydrogen) atoms. The molecule has 0 spiro atoms. The number of amides is 1. The molecular formula is C14H22BrNO2. The van der Waals surface area contributed by atoms with Crippen molar-refractivity contribution in [3.8, 4) is 0 Å². The fourth-order valence-electron chi connectivity index (χ4n) is 1.15. The lowest BCUT2D eigenvalue weighted by atomic mass is 10.0. The van der Waals surface area contributed by atoms with Crippen LogP contribution in [0.1, 0.15) is 46.1 Å². The predicted molar refractivity (Wildman–Crippen MR) is 78.7 cm³/mol.